The lowest BCUT2D eigenvalue weighted by Crippen LogP contribution is -2.25. The molecule has 4 heteroatoms. The Morgan fingerprint density at radius 3 is 2.48 bits per heavy atom. The van der Waals surface area contributed by atoms with Crippen molar-refractivity contribution in [1.82, 2.24) is 0 Å². The second-order valence-corrected chi connectivity index (χ2v) is 7.48. The molecule has 0 saturated carbocycles. The molecule has 0 bridgehead atoms. The van der Waals surface area contributed by atoms with E-state index in [4.69, 9.17) is 9.47 Å². The summed E-state index contributed by atoms with van der Waals surface area (Å²) in [6, 6.07) is 13.1. The van der Waals surface area contributed by atoms with Crippen molar-refractivity contribution in [3.63, 3.8) is 0 Å². The third-order valence-corrected chi connectivity index (χ3v) is 4.10. The van der Waals surface area contributed by atoms with Crippen LogP contribution in [0.4, 0.5) is 0 Å². The Balaban J connectivity index is 1.82. The number of rotatable bonds is 3. The van der Waals surface area contributed by atoms with Crippen molar-refractivity contribution >= 4 is 17.8 Å². The van der Waals surface area contributed by atoms with Gasteiger partial charge in [-0.2, -0.15) is 0 Å². The van der Waals surface area contributed by atoms with Gasteiger partial charge in [-0.1, -0.05) is 42.5 Å². The number of ether oxygens (including phenoxy) is 2. The zero-order chi connectivity index (χ0) is 19.6. The summed E-state index contributed by atoms with van der Waals surface area (Å²) in [6.45, 7) is 7.16. The highest BCUT2D eigenvalue weighted by atomic mass is 16.5. The molecule has 3 rings (SSSR count). The smallest absolute Gasteiger partial charge is 0.316 e. The van der Waals surface area contributed by atoms with E-state index in [0.717, 1.165) is 5.56 Å². The van der Waals surface area contributed by atoms with Crippen molar-refractivity contribution in [2.24, 2.45) is 5.41 Å². The molecule has 0 aromatic heterocycles. The van der Waals surface area contributed by atoms with Crippen molar-refractivity contribution in [3.05, 3.63) is 77.1 Å². The van der Waals surface area contributed by atoms with Gasteiger partial charge in [0, 0.05) is 6.07 Å². The number of benzene rings is 2. The lowest BCUT2D eigenvalue weighted by molar-refractivity contribution is -0.143. The molecular formula is C23H22O4. The van der Waals surface area contributed by atoms with Crippen LogP contribution >= 0.6 is 0 Å². The summed E-state index contributed by atoms with van der Waals surface area (Å²) in [5.41, 5.74) is 1.64. The molecule has 0 N–H and O–H groups in total. The number of aryl methyl sites for hydroxylation is 1. The van der Waals surface area contributed by atoms with Gasteiger partial charge in [-0.05, 0) is 51.0 Å². The molecule has 0 radical (unpaired) electrons. The van der Waals surface area contributed by atoms with Crippen molar-refractivity contribution in [3.8, 4) is 11.5 Å². The molecule has 0 atom stereocenters. The minimum Gasteiger partial charge on any atom is -0.452 e. The molecule has 138 valence electrons. The molecule has 4 nitrogen and oxygen atoms in total. The lowest BCUT2D eigenvalue weighted by atomic mass is 9.97. The van der Waals surface area contributed by atoms with Crippen molar-refractivity contribution < 1.29 is 19.1 Å². The van der Waals surface area contributed by atoms with Crippen LogP contribution in [0.2, 0.25) is 0 Å². The van der Waals surface area contributed by atoms with Gasteiger partial charge < -0.3 is 9.47 Å². The fourth-order valence-corrected chi connectivity index (χ4v) is 2.62. The molecule has 1 heterocycles. The van der Waals surface area contributed by atoms with E-state index in [-0.39, 0.29) is 17.5 Å². The van der Waals surface area contributed by atoms with Gasteiger partial charge in [-0.25, -0.2) is 0 Å². The van der Waals surface area contributed by atoms with Crippen LogP contribution in [0.25, 0.3) is 6.08 Å². The van der Waals surface area contributed by atoms with Gasteiger partial charge in [0.05, 0.1) is 11.0 Å². The van der Waals surface area contributed by atoms with E-state index >= 15 is 0 Å². The van der Waals surface area contributed by atoms with E-state index in [2.05, 4.69) is 0 Å². The van der Waals surface area contributed by atoms with Crippen molar-refractivity contribution in [1.29, 1.82) is 0 Å². The summed E-state index contributed by atoms with van der Waals surface area (Å²) in [6.07, 6.45) is 5.33. The summed E-state index contributed by atoms with van der Waals surface area (Å²) < 4.78 is 11.1. The first-order valence-electron chi connectivity index (χ1n) is 8.78. The Bertz CT molecular complexity index is 944. The maximum absolute atomic E-state index is 12.6. The predicted octanol–water partition coefficient (Wildman–Crippen LogP) is 5.12. The van der Waals surface area contributed by atoms with Crippen molar-refractivity contribution in [2.45, 2.75) is 27.7 Å². The fourth-order valence-electron chi connectivity index (χ4n) is 2.62. The molecule has 0 unspecified atom stereocenters. The van der Waals surface area contributed by atoms with Crippen LogP contribution < -0.4 is 9.47 Å². The third-order valence-electron chi connectivity index (χ3n) is 4.10. The average Bonchev–Trinajstić information content (AvgIpc) is 2.91. The molecule has 0 amide bonds. The highest BCUT2D eigenvalue weighted by Gasteiger charge is 2.31. The molecule has 0 aliphatic carbocycles. The Morgan fingerprint density at radius 2 is 1.81 bits per heavy atom. The first kappa shape index (κ1) is 18.6. The van der Waals surface area contributed by atoms with E-state index in [1.165, 1.54) is 0 Å². The summed E-state index contributed by atoms with van der Waals surface area (Å²) in [4.78, 5) is 24.7. The topological polar surface area (TPSA) is 52.6 Å². The third kappa shape index (κ3) is 4.17. The molecule has 1 aliphatic rings. The van der Waals surface area contributed by atoms with Crippen molar-refractivity contribution in [2.75, 3.05) is 0 Å². The zero-order valence-electron chi connectivity index (χ0n) is 15.9. The maximum Gasteiger partial charge on any atom is 0.316 e. The molecule has 1 aliphatic heterocycles. The van der Waals surface area contributed by atoms with E-state index < -0.39 is 5.41 Å². The second kappa shape index (κ2) is 7.23. The van der Waals surface area contributed by atoms with Crippen LogP contribution in [0.1, 0.15) is 42.3 Å². The maximum atomic E-state index is 12.6. The van der Waals surface area contributed by atoms with Crippen LogP contribution in [0.3, 0.4) is 0 Å². The standard InChI is InChI=1S/C23H22O4/c1-15-13-17(26-22(25)23(2,3)4)14-19-20(15)21(24)18(27-19)12-8-11-16-9-6-5-7-10-16/h5-14H,1-4H3/b11-8+,18-12-. The minimum atomic E-state index is -0.614. The van der Waals surface area contributed by atoms with E-state index in [1.807, 2.05) is 36.4 Å². The van der Waals surface area contributed by atoms with E-state index in [1.54, 1.807) is 52.0 Å². The molecule has 0 fully saturated rings. The van der Waals surface area contributed by atoms with Gasteiger partial charge in [-0.3, -0.25) is 9.59 Å². The first-order chi connectivity index (χ1) is 12.8. The molecule has 0 saturated heterocycles. The molecule has 0 spiro atoms. The van der Waals surface area contributed by atoms with Gasteiger partial charge in [0.25, 0.3) is 0 Å². The van der Waals surface area contributed by atoms with E-state index in [9.17, 15) is 9.59 Å². The normalized spacial score (nSPS) is 15.1. The van der Waals surface area contributed by atoms with Gasteiger partial charge in [0.15, 0.2) is 5.76 Å². The number of fused-ring (bicyclic) bond motifs is 1. The zero-order valence-corrected chi connectivity index (χ0v) is 15.9. The number of carbonyl (C=O) groups is 2. The van der Waals surface area contributed by atoms with Gasteiger partial charge in [-0.15, -0.1) is 0 Å². The number of hydrogen-bond donors (Lipinski definition) is 0. The van der Waals surface area contributed by atoms with Gasteiger partial charge in [0.1, 0.15) is 11.5 Å². The Kier molecular flexibility index (Phi) is 5.00. The molecular weight excluding hydrogens is 340 g/mol. The van der Waals surface area contributed by atoms with Crippen LogP contribution in [-0.4, -0.2) is 11.8 Å². The van der Waals surface area contributed by atoms with Crippen LogP contribution in [-0.2, 0) is 4.79 Å². The Labute approximate surface area is 159 Å². The van der Waals surface area contributed by atoms with E-state index in [0.29, 0.717) is 22.6 Å². The minimum absolute atomic E-state index is 0.172. The lowest BCUT2D eigenvalue weighted by Gasteiger charge is -2.16. The van der Waals surface area contributed by atoms with Gasteiger partial charge >= 0.3 is 5.97 Å². The summed E-state index contributed by atoms with van der Waals surface area (Å²) >= 11 is 0. The quantitative estimate of drug-likeness (QED) is 0.432. The number of allylic oxidation sites excluding steroid dienone is 3. The SMILES string of the molecule is Cc1cc(OC(=O)C(C)(C)C)cc2c1C(=O)/C(=C/C=C/c1ccccc1)O2. The van der Waals surface area contributed by atoms with Crippen LogP contribution in [0.5, 0.6) is 11.5 Å². The molecule has 2 aromatic carbocycles. The van der Waals surface area contributed by atoms with Crippen LogP contribution in [0, 0.1) is 12.3 Å². The number of hydrogen-bond acceptors (Lipinski definition) is 4. The summed E-state index contributed by atoms with van der Waals surface area (Å²) in [5, 5.41) is 0. The number of ketones is 1. The number of Topliss-reactive ketones (excluding diaryl/α,β-unsaturated/α-hetero) is 1. The highest BCUT2D eigenvalue weighted by molar-refractivity contribution is 6.13. The van der Waals surface area contributed by atoms with Crippen LogP contribution in [0.15, 0.2) is 60.4 Å². The number of carbonyl (C=O) groups excluding carboxylic acids is 2. The fraction of sp³-hybridized carbons (Fsp3) is 0.217. The summed E-state index contributed by atoms with van der Waals surface area (Å²) in [7, 11) is 0. The highest BCUT2D eigenvalue weighted by Crippen LogP contribution is 2.37. The Hall–Kier alpha value is -3.14. The second-order valence-electron chi connectivity index (χ2n) is 7.48. The average molecular weight is 362 g/mol. The predicted molar refractivity (Wildman–Crippen MR) is 105 cm³/mol. The number of esters is 1. The Morgan fingerprint density at radius 1 is 1.11 bits per heavy atom. The molecule has 27 heavy (non-hydrogen) atoms. The first-order valence-corrected chi connectivity index (χ1v) is 8.78. The summed E-state index contributed by atoms with van der Waals surface area (Å²) in [5.74, 6) is 0.525. The largest absolute Gasteiger partial charge is 0.452 e. The monoisotopic (exact) mass is 362 g/mol. The van der Waals surface area contributed by atoms with Gasteiger partial charge in [0.2, 0.25) is 5.78 Å². The molecule has 2 aromatic rings.